The van der Waals surface area contributed by atoms with Crippen molar-refractivity contribution in [3.8, 4) is 0 Å². The first-order valence-electron chi connectivity index (χ1n) is 11.1. The van der Waals surface area contributed by atoms with E-state index in [2.05, 4.69) is 41.5 Å². The SMILES string of the molecule is CC[Si](CC)(CC)OC(O[Si](CC)(CC)CC)[SiH2]CCCOCC1CO1. The Bertz CT molecular complexity index is 320. The highest BCUT2D eigenvalue weighted by molar-refractivity contribution is 6.75. The molecule has 0 aliphatic carbocycles. The molecule has 1 aliphatic rings. The van der Waals surface area contributed by atoms with E-state index in [0.717, 1.165) is 26.2 Å². The highest BCUT2D eigenvalue weighted by Gasteiger charge is 2.37. The van der Waals surface area contributed by atoms with Gasteiger partial charge in [0.25, 0.3) is 0 Å². The molecule has 1 unspecified atom stereocenters. The van der Waals surface area contributed by atoms with E-state index < -0.39 is 26.2 Å². The van der Waals surface area contributed by atoms with Crippen LogP contribution in [0.4, 0.5) is 0 Å². The molecule has 0 aromatic heterocycles. The summed E-state index contributed by atoms with van der Waals surface area (Å²) in [7, 11) is -3.64. The zero-order chi connectivity index (χ0) is 19.5. The Morgan fingerprint density at radius 1 is 0.885 bits per heavy atom. The Kier molecular flexibility index (Phi) is 12.1. The van der Waals surface area contributed by atoms with Gasteiger partial charge in [-0.2, -0.15) is 0 Å². The summed E-state index contributed by atoms with van der Waals surface area (Å²) < 4.78 is 24.6. The Balaban J connectivity index is 2.57. The van der Waals surface area contributed by atoms with Crippen LogP contribution >= 0.6 is 0 Å². The first kappa shape index (κ1) is 24.5. The van der Waals surface area contributed by atoms with Gasteiger partial charge >= 0.3 is 0 Å². The monoisotopic (exact) mass is 420 g/mol. The zero-order valence-corrected chi connectivity index (χ0v) is 21.7. The lowest BCUT2D eigenvalue weighted by Gasteiger charge is -2.39. The van der Waals surface area contributed by atoms with Crippen molar-refractivity contribution in [3.63, 3.8) is 0 Å². The largest absolute Gasteiger partial charge is 0.397 e. The van der Waals surface area contributed by atoms with Crippen LogP contribution in [0.25, 0.3) is 0 Å². The summed E-state index contributed by atoms with van der Waals surface area (Å²) in [5, 5.41) is 0. The quantitative estimate of drug-likeness (QED) is 0.148. The maximum atomic E-state index is 6.85. The van der Waals surface area contributed by atoms with E-state index in [1.807, 2.05) is 0 Å². The van der Waals surface area contributed by atoms with E-state index in [1.165, 1.54) is 42.3 Å². The molecule has 1 fully saturated rings. The smallest absolute Gasteiger partial charge is 0.194 e. The fraction of sp³-hybridized carbons (Fsp3) is 1.00. The van der Waals surface area contributed by atoms with Crippen LogP contribution in [-0.4, -0.2) is 58.0 Å². The van der Waals surface area contributed by atoms with Gasteiger partial charge in [0.1, 0.15) is 12.0 Å². The van der Waals surface area contributed by atoms with Crippen molar-refractivity contribution in [1.29, 1.82) is 0 Å². The summed E-state index contributed by atoms with van der Waals surface area (Å²) in [5.41, 5.74) is 0. The normalized spacial score (nSPS) is 18.3. The molecule has 0 aromatic rings. The van der Waals surface area contributed by atoms with Gasteiger partial charge in [-0.05, 0) is 42.7 Å². The lowest BCUT2D eigenvalue weighted by atomic mass is 10.5. The van der Waals surface area contributed by atoms with Gasteiger partial charge in [-0.15, -0.1) is 0 Å². The maximum absolute atomic E-state index is 6.85. The van der Waals surface area contributed by atoms with Gasteiger partial charge in [-0.25, -0.2) is 0 Å². The second-order valence-corrected chi connectivity index (χ2v) is 19.1. The molecule has 4 nitrogen and oxygen atoms in total. The van der Waals surface area contributed by atoms with E-state index in [9.17, 15) is 0 Å². The van der Waals surface area contributed by atoms with Gasteiger partial charge in [0, 0.05) is 6.61 Å². The predicted molar refractivity (Wildman–Crippen MR) is 119 cm³/mol. The van der Waals surface area contributed by atoms with Gasteiger partial charge in [-0.1, -0.05) is 47.6 Å². The molecule has 0 amide bonds. The van der Waals surface area contributed by atoms with E-state index in [1.54, 1.807) is 0 Å². The molecule has 0 N–H and O–H groups in total. The van der Waals surface area contributed by atoms with Crippen molar-refractivity contribution in [3.05, 3.63) is 0 Å². The van der Waals surface area contributed by atoms with Gasteiger partial charge in [0.05, 0.1) is 22.7 Å². The topological polar surface area (TPSA) is 40.2 Å². The van der Waals surface area contributed by atoms with Gasteiger partial charge in [0.15, 0.2) is 16.6 Å². The fourth-order valence-electron chi connectivity index (χ4n) is 3.59. The second kappa shape index (κ2) is 12.9. The van der Waals surface area contributed by atoms with Crippen molar-refractivity contribution in [2.75, 3.05) is 19.8 Å². The number of hydrogen-bond acceptors (Lipinski definition) is 4. The van der Waals surface area contributed by atoms with Crippen molar-refractivity contribution in [2.24, 2.45) is 0 Å². The first-order chi connectivity index (χ1) is 12.5. The predicted octanol–water partition coefficient (Wildman–Crippen LogP) is 4.71. The lowest BCUT2D eigenvalue weighted by Crippen LogP contribution is -2.49. The molecular formula is C19H44O4Si3. The first-order valence-corrected chi connectivity index (χ1v) is 17.9. The lowest BCUT2D eigenvalue weighted by molar-refractivity contribution is 0.0525. The molecular weight excluding hydrogens is 376 g/mol. The molecule has 0 saturated carbocycles. The average Bonchev–Trinajstić information content (AvgIpc) is 3.51. The van der Waals surface area contributed by atoms with Crippen LogP contribution in [0.1, 0.15) is 48.0 Å². The molecule has 1 heterocycles. The van der Waals surface area contributed by atoms with Crippen molar-refractivity contribution >= 4 is 26.2 Å². The Labute approximate surface area is 166 Å². The molecule has 0 bridgehead atoms. The highest BCUT2D eigenvalue weighted by Crippen LogP contribution is 2.28. The van der Waals surface area contributed by atoms with Crippen molar-refractivity contribution < 1.29 is 18.3 Å². The number of ether oxygens (including phenoxy) is 2. The summed E-state index contributed by atoms with van der Waals surface area (Å²) in [4.78, 5) is 0. The third-order valence-electron chi connectivity index (χ3n) is 6.31. The molecule has 0 spiro atoms. The molecule has 1 aliphatic heterocycles. The van der Waals surface area contributed by atoms with Crippen LogP contribution in [-0.2, 0) is 18.3 Å². The van der Waals surface area contributed by atoms with E-state index >= 15 is 0 Å². The summed E-state index contributed by atoms with van der Waals surface area (Å²) in [6.07, 6.45) is 1.52. The molecule has 156 valence electrons. The van der Waals surface area contributed by atoms with Gasteiger partial charge in [0.2, 0.25) is 0 Å². The van der Waals surface area contributed by atoms with Crippen molar-refractivity contribution in [2.45, 2.75) is 102 Å². The Morgan fingerprint density at radius 3 is 1.73 bits per heavy atom. The molecule has 0 aromatic carbocycles. The van der Waals surface area contributed by atoms with Crippen molar-refractivity contribution in [1.82, 2.24) is 0 Å². The zero-order valence-electron chi connectivity index (χ0n) is 18.3. The maximum Gasteiger partial charge on any atom is 0.194 e. The van der Waals surface area contributed by atoms with E-state index in [-0.39, 0.29) is 5.91 Å². The molecule has 1 rings (SSSR count). The molecule has 1 atom stereocenters. The van der Waals surface area contributed by atoms with Crippen LogP contribution < -0.4 is 0 Å². The minimum absolute atomic E-state index is 0.139. The summed E-state index contributed by atoms with van der Waals surface area (Å²) in [6.45, 7) is 16.4. The number of epoxide rings is 1. The highest BCUT2D eigenvalue weighted by atomic mass is 28.4. The van der Waals surface area contributed by atoms with Crippen LogP contribution in [0.15, 0.2) is 0 Å². The summed E-state index contributed by atoms with van der Waals surface area (Å²) in [6, 6.07) is 8.49. The molecule has 0 radical (unpaired) electrons. The fourth-order valence-corrected chi connectivity index (χ4v) is 12.8. The number of rotatable bonds is 17. The average molecular weight is 421 g/mol. The Morgan fingerprint density at radius 2 is 1.35 bits per heavy atom. The van der Waals surface area contributed by atoms with Crippen LogP contribution in [0.3, 0.4) is 0 Å². The summed E-state index contributed by atoms with van der Waals surface area (Å²) >= 11 is 0. The minimum atomic E-state index is -1.62. The van der Waals surface area contributed by atoms with E-state index in [4.69, 9.17) is 18.3 Å². The van der Waals surface area contributed by atoms with E-state index in [0.29, 0.717) is 6.10 Å². The summed E-state index contributed by atoms with van der Waals surface area (Å²) in [5.74, 6) is 0.139. The van der Waals surface area contributed by atoms with Gasteiger partial charge in [-0.3, -0.25) is 0 Å². The standard InChI is InChI=1S/C19H44O4Si3/c1-7-25(8-2,9-3)22-19(23-26(10-4,11-5)12-6)24-15-13-14-20-16-18-17-21-18/h18-19H,7-17,24H2,1-6H3. The second-order valence-electron chi connectivity index (χ2n) is 7.68. The third-order valence-corrected chi connectivity index (χ3v) is 18.0. The van der Waals surface area contributed by atoms with Crippen LogP contribution in [0.2, 0.25) is 42.3 Å². The molecule has 7 heteroatoms. The number of hydrogen-bond donors (Lipinski definition) is 0. The molecule has 26 heavy (non-hydrogen) atoms. The molecule has 1 saturated heterocycles. The third kappa shape index (κ3) is 8.24. The van der Waals surface area contributed by atoms with Crippen LogP contribution in [0.5, 0.6) is 0 Å². The van der Waals surface area contributed by atoms with Gasteiger partial charge < -0.3 is 18.3 Å². The van der Waals surface area contributed by atoms with Crippen LogP contribution in [0, 0.1) is 0 Å². The minimum Gasteiger partial charge on any atom is -0.397 e. The Hall–Kier alpha value is 0.491.